The van der Waals surface area contributed by atoms with Gasteiger partial charge in [0.05, 0.1) is 0 Å². The molecule has 18 heavy (non-hydrogen) atoms. The summed E-state index contributed by atoms with van der Waals surface area (Å²) in [5.41, 5.74) is 0. The maximum Gasteiger partial charge on any atom is 0.225 e. The van der Waals surface area contributed by atoms with Crippen LogP contribution in [0.3, 0.4) is 0 Å². The minimum atomic E-state index is 0.402. The van der Waals surface area contributed by atoms with Gasteiger partial charge in [-0.25, -0.2) is 0 Å². The molecule has 0 aromatic carbocycles. The number of hydrogen-bond donors (Lipinski definition) is 0. The normalized spacial score (nSPS) is 40.4. The van der Waals surface area contributed by atoms with Crippen LogP contribution in [0.4, 0.5) is 0 Å². The Morgan fingerprint density at radius 2 is 1.67 bits per heavy atom. The van der Waals surface area contributed by atoms with Crippen LogP contribution in [0.25, 0.3) is 0 Å². The van der Waals surface area contributed by atoms with Gasteiger partial charge in [-0.15, -0.1) is 0 Å². The SMILES string of the molecule is O=C(C1CC1)N1CCN(C2CC3CCC2C3)CC1. The van der Waals surface area contributed by atoms with E-state index in [1.807, 2.05) is 0 Å². The fourth-order valence-corrected chi connectivity index (χ4v) is 4.52. The Bertz CT molecular complexity index is 344. The first-order valence-electron chi connectivity index (χ1n) is 7.84. The average molecular weight is 248 g/mol. The summed E-state index contributed by atoms with van der Waals surface area (Å²) in [4.78, 5) is 16.8. The lowest BCUT2D eigenvalue weighted by Crippen LogP contribution is -2.53. The van der Waals surface area contributed by atoms with Crippen LogP contribution in [0.5, 0.6) is 0 Å². The van der Waals surface area contributed by atoms with Gasteiger partial charge in [0.25, 0.3) is 0 Å². The molecule has 4 fully saturated rings. The molecular formula is C15H24N2O. The lowest BCUT2D eigenvalue weighted by Gasteiger charge is -2.41. The number of fused-ring (bicyclic) bond motifs is 2. The third-order valence-electron chi connectivity index (χ3n) is 5.72. The van der Waals surface area contributed by atoms with E-state index in [0.717, 1.165) is 56.9 Å². The van der Waals surface area contributed by atoms with E-state index in [0.29, 0.717) is 11.8 Å². The van der Waals surface area contributed by atoms with Crippen LogP contribution >= 0.6 is 0 Å². The molecule has 1 aliphatic heterocycles. The van der Waals surface area contributed by atoms with Gasteiger partial charge < -0.3 is 4.90 Å². The number of amides is 1. The lowest BCUT2D eigenvalue weighted by molar-refractivity contribution is -0.134. The molecule has 0 N–H and O–H groups in total. The van der Waals surface area contributed by atoms with Crippen molar-refractivity contribution in [2.45, 2.75) is 44.6 Å². The summed E-state index contributed by atoms with van der Waals surface area (Å²) in [6.45, 7) is 4.24. The van der Waals surface area contributed by atoms with Crippen molar-refractivity contribution in [1.82, 2.24) is 9.80 Å². The van der Waals surface area contributed by atoms with E-state index in [-0.39, 0.29) is 0 Å². The molecule has 3 aliphatic carbocycles. The molecule has 4 rings (SSSR count). The van der Waals surface area contributed by atoms with E-state index in [1.165, 1.54) is 25.7 Å². The maximum atomic E-state index is 12.0. The molecule has 3 heteroatoms. The molecule has 3 atom stereocenters. The molecule has 100 valence electrons. The predicted octanol–water partition coefficient (Wildman–Crippen LogP) is 1.73. The summed E-state index contributed by atoms with van der Waals surface area (Å²) in [6.07, 6.45) is 8.18. The van der Waals surface area contributed by atoms with Gasteiger partial charge in [0.1, 0.15) is 0 Å². The molecule has 1 amide bonds. The topological polar surface area (TPSA) is 23.6 Å². The Hall–Kier alpha value is -0.570. The van der Waals surface area contributed by atoms with Crippen molar-refractivity contribution < 1.29 is 4.79 Å². The number of nitrogens with zero attached hydrogens (tertiary/aromatic N) is 2. The van der Waals surface area contributed by atoms with Crippen LogP contribution in [0, 0.1) is 17.8 Å². The smallest absolute Gasteiger partial charge is 0.225 e. The van der Waals surface area contributed by atoms with E-state index in [4.69, 9.17) is 0 Å². The minimum Gasteiger partial charge on any atom is -0.340 e. The molecule has 1 saturated heterocycles. The molecule has 2 bridgehead atoms. The van der Waals surface area contributed by atoms with Crippen LogP contribution in [0.2, 0.25) is 0 Å². The standard InChI is InChI=1S/C15H24N2O/c18-15(12-3-4-12)17-7-5-16(6-8-17)14-10-11-1-2-13(14)9-11/h11-14H,1-10H2. The Labute approximate surface area is 110 Å². The van der Waals surface area contributed by atoms with Crippen LogP contribution in [0.15, 0.2) is 0 Å². The quantitative estimate of drug-likeness (QED) is 0.743. The molecule has 4 aliphatic rings. The summed E-state index contributed by atoms with van der Waals surface area (Å²) >= 11 is 0. The molecule has 3 nitrogen and oxygen atoms in total. The Morgan fingerprint density at radius 3 is 2.22 bits per heavy atom. The monoisotopic (exact) mass is 248 g/mol. The fourth-order valence-electron chi connectivity index (χ4n) is 4.52. The summed E-state index contributed by atoms with van der Waals surface area (Å²) < 4.78 is 0. The van der Waals surface area contributed by atoms with Gasteiger partial charge in [0.2, 0.25) is 5.91 Å². The van der Waals surface area contributed by atoms with Gasteiger partial charge in [-0.05, 0) is 43.9 Å². The highest BCUT2D eigenvalue weighted by atomic mass is 16.2. The van der Waals surface area contributed by atoms with Crippen molar-refractivity contribution in [3.63, 3.8) is 0 Å². The van der Waals surface area contributed by atoms with E-state index in [9.17, 15) is 4.79 Å². The van der Waals surface area contributed by atoms with E-state index in [2.05, 4.69) is 9.80 Å². The first-order valence-corrected chi connectivity index (χ1v) is 7.84. The largest absolute Gasteiger partial charge is 0.340 e. The van der Waals surface area contributed by atoms with Crippen LogP contribution < -0.4 is 0 Å². The summed E-state index contributed by atoms with van der Waals surface area (Å²) in [5, 5.41) is 0. The van der Waals surface area contributed by atoms with Crippen molar-refractivity contribution in [3.8, 4) is 0 Å². The number of piperazine rings is 1. The minimum absolute atomic E-state index is 0.402. The van der Waals surface area contributed by atoms with Crippen molar-refractivity contribution in [2.75, 3.05) is 26.2 Å². The van der Waals surface area contributed by atoms with E-state index in [1.54, 1.807) is 0 Å². The maximum absolute atomic E-state index is 12.0. The van der Waals surface area contributed by atoms with Gasteiger partial charge in [0.15, 0.2) is 0 Å². The average Bonchev–Trinajstić information content (AvgIpc) is 3.06. The molecule has 1 heterocycles. The summed E-state index contributed by atoms with van der Waals surface area (Å²) in [7, 11) is 0. The molecule has 0 aromatic rings. The third kappa shape index (κ3) is 1.87. The Balaban J connectivity index is 1.33. The first kappa shape index (κ1) is 11.3. The van der Waals surface area contributed by atoms with Crippen molar-refractivity contribution in [2.24, 2.45) is 17.8 Å². The van der Waals surface area contributed by atoms with Crippen molar-refractivity contribution in [1.29, 1.82) is 0 Å². The predicted molar refractivity (Wildman–Crippen MR) is 70.1 cm³/mol. The second kappa shape index (κ2) is 4.22. The van der Waals surface area contributed by atoms with Crippen LogP contribution in [-0.4, -0.2) is 47.9 Å². The van der Waals surface area contributed by atoms with E-state index < -0.39 is 0 Å². The van der Waals surface area contributed by atoms with E-state index >= 15 is 0 Å². The fraction of sp³-hybridized carbons (Fsp3) is 0.933. The lowest BCUT2D eigenvalue weighted by atomic mass is 9.93. The zero-order valence-corrected chi connectivity index (χ0v) is 11.2. The Kier molecular flexibility index (Phi) is 2.65. The van der Waals surface area contributed by atoms with Gasteiger partial charge in [-0.2, -0.15) is 0 Å². The van der Waals surface area contributed by atoms with Gasteiger partial charge in [-0.3, -0.25) is 9.69 Å². The molecule has 0 radical (unpaired) electrons. The van der Waals surface area contributed by atoms with Gasteiger partial charge in [0, 0.05) is 38.1 Å². The number of hydrogen-bond acceptors (Lipinski definition) is 2. The highest BCUT2D eigenvalue weighted by Gasteiger charge is 2.43. The van der Waals surface area contributed by atoms with Crippen molar-refractivity contribution >= 4 is 5.91 Å². The summed E-state index contributed by atoms with van der Waals surface area (Å²) in [5.74, 6) is 2.87. The van der Waals surface area contributed by atoms with Crippen LogP contribution in [0.1, 0.15) is 38.5 Å². The highest BCUT2D eigenvalue weighted by Crippen LogP contribution is 2.46. The molecule has 0 spiro atoms. The summed E-state index contributed by atoms with van der Waals surface area (Å²) in [6, 6.07) is 0.863. The number of rotatable bonds is 2. The zero-order valence-electron chi connectivity index (χ0n) is 11.2. The second-order valence-electron chi connectivity index (χ2n) is 6.88. The second-order valence-corrected chi connectivity index (χ2v) is 6.88. The molecule has 3 unspecified atom stereocenters. The number of carbonyl (C=O) groups is 1. The Morgan fingerprint density at radius 1 is 0.889 bits per heavy atom. The zero-order chi connectivity index (χ0) is 12.1. The molecule has 0 aromatic heterocycles. The first-order chi connectivity index (χ1) is 8.81. The number of carbonyl (C=O) groups excluding carboxylic acids is 1. The molecule has 3 saturated carbocycles. The van der Waals surface area contributed by atoms with Gasteiger partial charge in [-0.1, -0.05) is 6.42 Å². The molecular weight excluding hydrogens is 224 g/mol. The third-order valence-corrected chi connectivity index (χ3v) is 5.72. The van der Waals surface area contributed by atoms with Crippen molar-refractivity contribution in [3.05, 3.63) is 0 Å². The van der Waals surface area contributed by atoms with Gasteiger partial charge >= 0.3 is 0 Å². The van der Waals surface area contributed by atoms with Crippen LogP contribution in [-0.2, 0) is 4.79 Å². The highest BCUT2D eigenvalue weighted by molar-refractivity contribution is 5.81.